The van der Waals surface area contributed by atoms with Crippen LogP contribution in [0.5, 0.6) is 5.75 Å². The molecule has 2 heterocycles. The molecule has 2 aromatic rings. The molecule has 112 valence electrons. The fourth-order valence-electron chi connectivity index (χ4n) is 1.67. The highest BCUT2D eigenvalue weighted by atomic mass is 32.2. The van der Waals surface area contributed by atoms with Crippen LogP contribution in [0.3, 0.4) is 0 Å². The third-order valence-electron chi connectivity index (χ3n) is 2.71. The van der Waals surface area contributed by atoms with Crippen LogP contribution in [-0.4, -0.2) is 41.1 Å². The van der Waals surface area contributed by atoms with E-state index in [1.807, 2.05) is 0 Å². The molecular formula is C12H14N4O4S. The van der Waals surface area contributed by atoms with Crippen molar-refractivity contribution < 1.29 is 22.4 Å². The van der Waals surface area contributed by atoms with Gasteiger partial charge in [0.15, 0.2) is 12.7 Å². The molecule has 0 fully saturated rings. The van der Waals surface area contributed by atoms with Crippen LogP contribution in [-0.2, 0) is 16.7 Å². The van der Waals surface area contributed by atoms with Gasteiger partial charge in [-0.3, -0.25) is 0 Å². The van der Waals surface area contributed by atoms with Gasteiger partial charge < -0.3 is 9.29 Å². The highest BCUT2D eigenvalue weighted by Gasteiger charge is 2.08. The molecule has 21 heavy (non-hydrogen) atoms. The molecule has 2 rings (SSSR count). The summed E-state index contributed by atoms with van der Waals surface area (Å²) >= 11 is 0. The first-order valence-corrected chi connectivity index (χ1v) is 7.72. The summed E-state index contributed by atoms with van der Waals surface area (Å²) < 4.78 is 38.2. The minimum atomic E-state index is -4.18. The van der Waals surface area contributed by atoms with Crippen molar-refractivity contribution in [3.63, 3.8) is 0 Å². The Kier molecular flexibility index (Phi) is 4.76. The van der Waals surface area contributed by atoms with Gasteiger partial charge in [-0.1, -0.05) is 4.68 Å². The summed E-state index contributed by atoms with van der Waals surface area (Å²) in [4.78, 5) is 0. The average Bonchev–Trinajstić information content (AvgIpc) is 2.47. The van der Waals surface area contributed by atoms with E-state index in [1.54, 1.807) is 36.3 Å². The van der Waals surface area contributed by atoms with Crippen LogP contribution in [0.25, 0.3) is 11.3 Å². The molecular weight excluding hydrogens is 296 g/mol. The molecule has 0 aromatic carbocycles. The van der Waals surface area contributed by atoms with Gasteiger partial charge in [0.2, 0.25) is 0 Å². The van der Waals surface area contributed by atoms with Gasteiger partial charge in [0.25, 0.3) is 0 Å². The zero-order valence-electron chi connectivity index (χ0n) is 11.3. The zero-order chi connectivity index (χ0) is 15.3. The predicted molar refractivity (Wildman–Crippen MR) is 71.2 cm³/mol. The first-order chi connectivity index (χ1) is 9.98. The van der Waals surface area contributed by atoms with Crippen molar-refractivity contribution in [1.82, 2.24) is 15.3 Å². The lowest BCUT2D eigenvalue weighted by Gasteiger charge is -2.04. The lowest BCUT2D eigenvalue weighted by Crippen LogP contribution is -2.38. The molecule has 0 bridgehead atoms. The van der Waals surface area contributed by atoms with E-state index < -0.39 is 15.9 Å². The molecule has 0 unspecified atom stereocenters. The number of hydrogen-bond acceptors (Lipinski definition) is 7. The van der Waals surface area contributed by atoms with Crippen molar-refractivity contribution in [3.8, 4) is 17.0 Å². The zero-order valence-corrected chi connectivity index (χ0v) is 12.2. The Morgan fingerprint density at radius 1 is 1.38 bits per heavy atom. The number of ether oxygens (including phenoxy) is 1. The van der Waals surface area contributed by atoms with Crippen LogP contribution >= 0.6 is 0 Å². The Balaban J connectivity index is 2.04. The Labute approximate surface area is 122 Å². The van der Waals surface area contributed by atoms with E-state index in [2.05, 4.69) is 15.3 Å². The Bertz CT molecular complexity index is 703. The third kappa shape index (κ3) is 4.72. The molecule has 0 aliphatic carbocycles. The summed E-state index contributed by atoms with van der Waals surface area (Å²) in [5, 5.41) is 11.9. The van der Waals surface area contributed by atoms with Crippen molar-refractivity contribution in [2.45, 2.75) is 13.0 Å². The van der Waals surface area contributed by atoms with E-state index in [4.69, 9.17) is 4.74 Å². The molecule has 9 heteroatoms. The Morgan fingerprint density at radius 2 is 2.19 bits per heavy atom. The number of hydrogen-bond donors (Lipinski definition) is 0. The van der Waals surface area contributed by atoms with Crippen molar-refractivity contribution in [2.75, 3.05) is 12.9 Å². The summed E-state index contributed by atoms with van der Waals surface area (Å²) in [6.45, 7) is 0.353. The fourth-order valence-corrected chi connectivity index (χ4v) is 2.16. The summed E-state index contributed by atoms with van der Waals surface area (Å²) in [5.41, 5.74) is 1.38. The van der Waals surface area contributed by atoms with Crippen LogP contribution < -0.4 is 9.42 Å². The molecule has 0 radical (unpaired) electrons. The molecule has 8 nitrogen and oxygen atoms in total. The van der Waals surface area contributed by atoms with Crippen LogP contribution in [0, 0.1) is 0 Å². The molecule has 0 spiro atoms. The van der Waals surface area contributed by atoms with Gasteiger partial charge in [-0.05, 0) is 5.10 Å². The molecule has 0 atom stereocenters. The minimum absolute atomic E-state index is 0.224. The van der Waals surface area contributed by atoms with Gasteiger partial charge in [0, 0.05) is 29.9 Å². The Morgan fingerprint density at radius 3 is 2.81 bits per heavy atom. The van der Waals surface area contributed by atoms with Crippen molar-refractivity contribution in [2.24, 2.45) is 0 Å². The topological polar surface area (TPSA) is 109 Å². The molecule has 0 saturated heterocycles. The molecule has 0 aliphatic rings. The normalized spacial score (nSPS) is 11.3. The number of rotatable bonds is 6. The number of aromatic nitrogens is 4. The molecule has 2 aromatic heterocycles. The van der Waals surface area contributed by atoms with Crippen molar-refractivity contribution >= 4 is 10.1 Å². The van der Waals surface area contributed by atoms with E-state index in [-0.39, 0.29) is 6.42 Å². The maximum Gasteiger partial charge on any atom is 0.196 e. The second-order valence-corrected chi connectivity index (χ2v) is 5.80. The molecule has 0 amide bonds. The van der Waals surface area contributed by atoms with Crippen molar-refractivity contribution in [1.29, 1.82) is 0 Å². The van der Waals surface area contributed by atoms with E-state index in [0.29, 0.717) is 18.0 Å². The molecule has 0 saturated carbocycles. The quantitative estimate of drug-likeness (QED) is 0.535. The highest BCUT2D eigenvalue weighted by molar-refractivity contribution is 7.85. The van der Waals surface area contributed by atoms with Gasteiger partial charge >= 0.3 is 0 Å². The standard InChI is InChI=1S/C12H14N4O4S/c1-20-11-7-12(15-13-9-11)10-3-5-16(14-8-10)4-2-6-21(17,18)19/h3,5,7-9H,2,4,6H2,1H3. The minimum Gasteiger partial charge on any atom is -0.748 e. The van der Waals surface area contributed by atoms with Crippen LogP contribution in [0.15, 0.2) is 30.7 Å². The van der Waals surface area contributed by atoms with Crippen LogP contribution in [0.1, 0.15) is 6.42 Å². The van der Waals surface area contributed by atoms with Gasteiger partial charge in [-0.25, -0.2) is 8.42 Å². The van der Waals surface area contributed by atoms with Crippen LogP contribution in [0.2, 0.25) is 0 Å². The summed E-state index contributed by atoms with van der Waals surface area (Å²) in [6.07, 6.45) is 5.01. The summed E-state index contributed by atoms with van der Waals surface area (Å²) in [7, 11) is -2.63. The monoisotopic (exact) mass is 310 g/mol. The van der Waals surface area contributed by atoms with E-state index >= 15 is 0 Å². The number of aryl methyl sites for hydroxylation is 1. The van der Waals surface area contributed by atoms with Gasteiger partial charge in [0.05, 0.1) is 29.1 Å². The maximum atomic E-state index is 10.5. The first kappa shape index (κ1) is 15.3. The number of nitrogens with zero attached hydrogens (tertiary/aromatic N) is 4. The summed E-state index contributed by atoms with van der Waals surface area (Å²) in [5.74, 6) is 0.197. The summed E-state index contributed by atoms with van der Waals surface area (Å²) in [6, 6.07) is 3.51. The van der Waals surface area contributed by atoms with Gasteiger partial charge in [0.1, 0.15) is 11.9 Å². The average molecular weight is 310 g/mol. The molecule has 0 N–H and O–H groups in total. The van der Waals surface area contributed by atoms with E-state index in [0.717, 1.165) is 5.56 Å². The maximum absolute atomic E-state index is 10.5. The van der Waals surface area contributed by atoms with Crippen molar-refractivity contribution in [3.05, 3.63) is 30.7 Å². The second-order valence-electron chi connectivity index (χ2n) is 4.27. The predicted octanol–water partition coefficient (Wildman–Crippen LogP) is -0.230. The second kappa shape index (κ2) is 6.55. The van der Waals surface area contributed by atoms with E-state index in [1.165, 1.54) is 6.20 Å². The highest BCUT2D eigenvalue weighted by Crippen LogP contribution is 2.18. The third-order valence-corrected chi connectivity index (χ3v) is 3.50. The fraction of sp³-hybridized carbons (Fsp3) is 0.333. The SMILES string of the molecule is COc1cnnc(-c2cc[n+](CCCS(=O)(=O)[O-])nc2)c1. The Hall–Kier alpha value is -2.13. The number of methoxy groups -OCH3 is 1. The smallest absolute Gasteiger partial charge is 0.196 e. The van der Waals surface area contributed by atoms with Gasteiger partial charge in [-0.2, -0.15) is 10.2 Å². The van der Waals surface area contributed by atoms with Crippen LogP contribution in [0.4, 0.5) is 0 Å². The first-order valence-electron chi connectivity index (χ1n) is 6.14. The van der Waals surface area contributed by atoms with E-state index in [9.17, 15) is 13.0 Å². The molecule has 0 aliphatic heterocycles. The largest absolute Gasteiger partial charge is 0.748 e. The van der Waals surface area contributed by atoms with Gasteiger partial charge in [-0.15, -0.1) is 0 Å². The lowest BCUT2D eigenvalue weighted by atomic mass is 10.2. The lowest BCUT2D eigenvalue weighted by molar-refractivity contribution is -0.753.